The molecule has 3 aromatic carbocycles. The number of amidine groups is 1. The number of nitrogens with zero attached hydrogens (tertiary/aromatic N) is 1. The van der Waals surface area contributed by atoms with Gasteiger partial charge in [-0.1, -0.05) is 42.5 Å². The Morgan fingerprint density at radius 2 is 1.59 bits per heavy atom. The summed E-state index contributed by atoms with van der Waals surface area (Å²) in [6.45, 7) is 0.299. The molecule has 0 aliphatic heterocycles. The Hall–Kier alpha value is -3.69. The highest BCUT2D eigenvalue weighted by atomic mass is 32.2. The van der Waals surface area contributed by atoms with Crippen LogP contribution < -0.4 is 10.5 Å². The third-order valence-corrected chi connectivity index (χ3v) is 7.02. The van der Waals surface area contributed by atoms with Crippen molar-refractivity contribution in [3.8, 4) is 5.75 Å². The average molecular weight is 482 g/mol. The summed E-state index contributed by atoms with van der Waals surface area (Å²) in [5, 5.41) is 7.51. The van der Waals surface area contributed by atoms with Crippen LogP contribution in [0.4, 0.5) is 0 Å². The number of methoxy groups -OCH3 is 1. The molecule has 0 unspecified atom stereocenters. The molecule has 0 radical (unpaired) electrons. The van der Waals surface area contributed by atoms with Crippen molar-refractivity contribution in [3.05, 3.63) is 95.6 Å². The third-order valence-electron chi connectivity index (χ3n) is 5.16. The van der Waals surface area contributed by atoms with E-state index in [1.54, 1.807) is 12.1 Å². The van der Waals surface area contributed by atoms with E-state index in [9.17, 15) is 13.2 Å². The minimum Gasteiger partial charge on any atom is -0.482 e. The molecule has 0 saturated carbocycles. The van der Waals surface area contributed by atoms with Gasteiger partial charge in [-0.3, -0.25) is 5.41 Å². The normalized spacial score (nSPS) is 11.2. The van der Waals surface area contributed by atoms with Crippen molar-refractivity contribution in [1.29, 1.82) is 5.41 Å². The lowest BCUT2D eigenvalue weighted by atomic mass is 10.1. The van der Waals surface area contributed by atoms with Crippen LogP contribution in [0.1, 0.15) is 16.7 Å². The molecule has 0 spiro atoms. The predicted octanol–water partition coefficient (Wildman–Crippen LogP) is 2.96. The molecule has 0 aliphatic carbocycles. The first kappa shape index (κ1) is 24.9. The average Bonchev–Trinajstić information content (AvgIpc) is 2.86. The predicted molar refractivity (Wildman–Crippen MR) is 129 cm³/mol. The van der Waals surface area contributed by atoms with Gasteiger partial charge in [0.15, 0.2) is 6.61 Å². The molecule has 178 valence electrons. The SMILES string of the molecule is COC(=O)COc1ccc(CCN(Cc2ccccc2)S(=O)(=O)c2ccc(C(=N)N)cc2)cc1. The zero-order chi connectivity index (χ0) is 24.6. The van der Waals surface area contributed by atoms with Crippen LogP contribution in [0.2, 0.25) is 0 Å². The van der Waals surface area contributed by atoms with E-state index in [1.807, 2.05) is 42.5 Å². The van der Waals surface area contributed by atoms with Crippen LogP contribution in [0.25, 0.3) is 0 Å². The molecular formula is C25H27N3O5S. The van der Waals surface area contributed by atoms with Crippen molar-refractivity contribution in [2.45, 2.75) is 17.9 Å². The van der Waals surface area contributed by atoms with E-state index in [4.69, 9.17) is 15.9 Å². The topological polar surface area (TPSA) is 123 Å². The molecule has 0 aliphatic rings. The van der Waals surface area contributed by atoms with Crippen molar-refractivity contribution in [3.63, 3.8) is 0 Å². The van der Waals surface area contributed by atoms with Gasteiger partial charge in [-0.05, 0) is 53.9 Å². The first-order valence-corrected chi connectivity index (χ1v) is 12.0. The number of carbonyl (C=O) groups excluding carboxylic acids is 1. The van der Waals surface area contributed by atoms with E-state index >= 15 is 0 Å². The van der Waals surface area contributed by atoms with E-state index in [1.165, 1.54) is 35.7 Å². The van der Waals surface area contributed by atoms with Gasteiger partial charge in [-0.25, -0.2) is 13.2 Å². The summed E-state index contributed by atoms with van der Waals surface area (Å²) in [4.78, 5) is 11.4. The fourth-order valence-corrected chi connectivity index (χ4v) is 4.66. The van der Waals surface area contributed by atoms with Crippen molar-refractivity contribution in [1.82, 2.24) is 4.31 Å². The van der Waals surface area contributed by atoms with Crippen molar-refractivity contribution >= 4 is 21.8 Å². The standard InChI is InChI=1S/C25H27N3O5S/c1-32-24(29)18-33-22-11-7-19(8-12-22)15-16-28(17-20-5-3-2-4-6-20)34(30,31)23-13-9-21(10-14-23)25(26)27/h2-14H,15-18H2,1H3,(H3,26,27). The number of hydrogen-bond donors (Lipinski definition) is 2. The summed E-state index contributed by atoms with van der Waals surface area (Å²) in [7, 11) is -2.50. The van der Waals surface area contributed by atoms with Crippen LogP contribution in [-0.2, 0) is 32.5 Å². The van der Waals surface area contributed by atoms with E-state index in [-0.39, 0.29) is 30.4 Å². The largest absolute Gasteiger partial charge is 0.482 e. The molecule has 0 fully saturated rings. The van der Waals surface area contributed by atoms with Gasteiger partial charge < -0.3 is 15.2 Å². The Bertz CT molecular complexity index is 1210. The second-order valence-corrected chi connectivity index (χ2v) is 9.46. The summed E-state index contributed by atoms with van der Waals surface area (Å²) >= 11 is 0. The maximum atomic E-state index is 13.4. The van der Waals surface area contributed by atoms with Gasteiger partial charge in [0.25, 0.3) is 0 Å². The number of ether oxygens (including phenoxy) is 2. The monoisotopic (exact) mass is 481 g/mol. The highest BCUT2D eigenvalue weighted by molar-refractivity contribution is 7.89. The second kappa shape index (κ2) is 11.4. The number of sulfonamides is 1. The van der Waals surface area contributed by atoms with Gasteiger partial charge in [0.2, 0.25) is 10.0 Å². The maximum Gasteiger partial charge on any atom is 0.343 e. The van der Waals surface area contributed by atoms with Crippen LogP contribution in [0.5, 0.6) is 5.75 Å². The van der Waals surface area contributed by atoms with Crippen LogP contribution >= 0.6 is 0 Å². The molecule has 3 N–H and O–H groups in total. The molecule has 0 aromatic heterocycles. The number of nitrogens with one attached hydrogen (secondary N) is 1. The Morgan fingerprint density at radius 1 is 0.941 bits per heavy atom. The quantitative estimate of drug-likeness (QED) is 0.247. The lowest BCUT2D eigenvalue weighted by Crippen LogP contribution is -2.32. The molecule has 3 aromatic rings. The summed E-state index contributed by atoms with van der Waals surface area (Å²) < 4.78 is 38.2. The first-order valence-electron chi connectivity index (χ1n) is 10.6. The minimum absolute atomic E-state index is 0.121. The van der Waals surface area contributed by atoms with Gasteiger partial charge in [0, 0.05) is 18.7 Å². The number of hydrogen-bond acceptors (Lipinski definition) is 6. The van der Waals surface area contributed by atoms with Crippen molar-refractivity contribution < 1.29 is 22.7 Å². The highest BCUT2D eigenvalue weighted by Gasteiger charge is 2.24. The number of nitrogens with two attached hydrogens (primary N) is 1. The van der Waals surface area contributed by atoms with Crippen LogP contribution in [0, 0.1) is 5.41 Å². The van der Waals surface area contributed by atoms with E-state index in [2.05, 4.69) is 4.74 Å². The minimum atomic E-state index is -3.80. The number of nitrogen functional groups attached to an aromatic ring is 1. The molecule has 3 rings (SSSR count). The molecule has 8 nitrogen and oxygen atoms in total. The van der Waals surface area contributed by atoms with Crippen molar-refractivity contribution in [2.24, 2.45) is 5.73 Å². The maximum absolute atomic E-state index is 13.4. The lowest BCUT2D eigenvalue weighted by molar-refractivity contribution is -0.142. The Kier molecular flexibility index (Phi) is 8.39. The molecule has 0 atom stereocenters. The van der Waals surface area contributed by atoms with E-state index in [0.717, 1.165) is 11.1 Å². The Morgan fingerprint density at radius 3 is 2.18 bits per heavy atom. The molecule has 0 amide bonds. The zero-order valence-electron chi connectivity index (χ0n) is 18.8. The van der Waals surface area contributed by atoms with Gasteiger partial charge in [0.05, 0.1) is 12.0 Å². The zero-order valence-corrected chi connectivity index (χ0v) is 19.6. The van der Waals surface area contributed by atoms with Gasteiger partial charge in [-0.15, -0.1) is 0 Å². The van der Waals surface area contributed by atoms with Crippen molar-refractivity contribution in [2.75, 3.05) is 20.3 Å². The number of carbonyl (C=O) groups is 1. The van der Waals surface area contributed by atoms with Gasteiger partial charge >= 0.3 is 5.97 Å². The lowest BCUT2D eigenvalue weighted by Gasteiger charge is -2.23. The number of esters is 1. The van der Waals surface area contributed by atoms with Gasteiger partial charge in [-0.2, -0.15) is 4.31 Å². The van der Waals surface area contributed by atoms with Crippen LogP contribution in [0.15, 0.2) is 83.8 Å². The van der Waals surface area contributed by atoms with E-state index in [0.29, 0.717) is 17.7 Å². The van der Waals surface area contributed by atoms with Crippen LogP contribution in [0.3, 0.4) is 0 Å². The third kappa shape index (κ3) is 6.66. The molecule has 34 heavy (non-hydrogen) atoms. The molecular weight excluding hydrogens is 454 g/mol. The number of rotatable bonds is 11. The summed E-state index contributed by atoms with van der Waals surface area (Å²) in [5.74, 6) is -0.0697. The van der Waals surface area contributed by atoms with E-state index < -0.39 is 16.0 Å². The summed E-state index contributed by atoms with van der Waals surface area (Å²) in [6, 6.07) is 22.5. The molecule has 0 saturated heterocycles. The fraction of sp³-hybridized carbons (Fsp3) is 0.200. The number of benzene rings is 3. The molecule has 9 heteroatoms. The second-order valence-electron chi connectivity index (χ2n) is 7.52. The van der Waals surface area contributed by atoms with Gasteiger partial charge in [0.1, 0.15) is 11.6 Å². The summed E-state index contributed by atoms with van der Waals surface area (Å²) in [5.41, 5.74) is 7.75. The highest BCUT2D eigenvalue weighted by Crippen LogP contribution is 2.21. The smallest absolute Gasteiger partial charge is 0.343 e. The first-order chi connectivity index (χ1) is 16.3. The fourth-order valence-electron chi connectivity index (χ4n) is 3.23. The molecule has 0 bridgehead atoms. The Balaban J connectivity index is 1.76. The summed E-state index contributed by atoms with van der Waals surface area (Å²) in [6.07, 6.45) is 0.481. The molecule has 0 heterocycles. The van der Waals surface area contributed by atoms with Crippen LogP contribution in [-0.4, -0.2) is 44.8 Å². The Labute approximate surface area is 199 Å².